The molecule has 0 saturated heterocycles. The van der Waals surface area contributed by atoms with Gasteiger partial charge in [-0.15, -0.1) is 0 Å². The van der Waals surface area contributed by atoms with Gasteiger partial charge in [0.1, 0.15) is 5.02 Å². The summed E-state index contributed by atoms with van der Waals surface area (Å²) in [5.74, 6) is 0. The molecule has 0 aliphatic carbocycles. The molecule has 3 aromatic rings. The van der Waals surface area contributed by atoms with Gasteiger partial charge in [-0.3, -0.25) is 10.1 Å². The zero-order valence-corrected chi connectivity index (χ0v) is 11.1. The largest absolute Gasteiger partial charge is 0.326 e. The minimum atomic E-state index is -0.474. The van der Waals surface area contributed by atoms with Crippen LogP contribution in [-0.4, -0.2) is 14.5 Å². The zero-order valence-electron chi connectivity index (χ0n) is 10.4. The molecule has 0 fully saturated rings. The normalized spacial score (nSPS) is 10.8. The fraction of sp³-hybridized carbons (Fsp3) is 0.0714. The van der Waals surface area contributed by atoms with Gasteiger partial charge >= 0.3 is 0 Å². The van der Waals surface area contributed by atoms with Crippen molar-refractivity contribution >= 4 is 28.3 Å². The monoisotopic (exact) mass is 287 g/mol. The Bertz CT molecular complexity index is 798. The van der Waals surface area contributed by atoms with Crippen LogP contribution in [0.15, 0.2) is 48.8 Å². The number of para-hydroxylation sites is 2. The first kappa shape index (κ1) is 12.6. The lowest BCUT2D eigenvalue weighted by Crippen LogP contribution is -1.99. The van der Waals surface area contributed by atoms with Crippen LogP contribution in [0.3, 0.4) is 0 Å². The van der Waals surface area contributed by atoms with E-state index in [1.807, 2.05) is 28.8 Å². The summed E-state index contributed by atoms with van der Waals surface area (Å²) in [7, 11) is 0. The molecule has 0 aliphatic rings. The third-order valence-electron chi connectivity index (χ3n) is 3.09. The molecule has 0 amide bonds. The molecular weight excluding hydrogens is 278 g/mol. The van der Waals surface area contributed by atoms with Gasteiger partial charge in [0.2, 0.25) is 0 Å². The van der Waals surface area contributed by atoms with Crippen LogP contribution in [0.5, 0.6) is 0 Å². The highest BCUT2D eigenvalue weighted by atomic mass is 35.5. The van der Waals surface area contributed by atoms with Crippen LogP contribution in [0.2, 0.25) is 5.02 Å². The minimum Gasteiger partial charge on any atom is -0.326 e. The van der Waals surface area contributed by atoms with Crippen molar-refractivity contribution in [1.29, 1.82) is 0 Å². The number of nitro benzene ring substituents is 1. The summed E-state index contributed by atoms with van der Waals surface area (Å²) >= 11 is 5.81. The summed E-state index contributed by atoms with van der Waals surface area (Å²) in [5.41, 5.74) is 2.62. The molecule has 0 spiro atoms. The van der Waals surface area contributed by atoms with Crippen LogP contribution in [0.25, 0.3) is 11.0 Å². The first-order chi connectivity index (χ1) is 9.65. The van der Waals surface area contributed by atoms with E-state index in [9.17, 15) is 10.1 Å². The lowest BCUT2D eigenvalue weighted by molar-refractivity contribution is -0.384. The van der Waals surface area contributed by atoms with Gasteiger partial charge in [-0.2, -0.15) is 0 Å². The average molecular weight is 288 g/mol. The van der Waals surface area contributed by atoms with Crippen LogP contribution < -0.4 is 0 Å². The molecule has 0 aliphatic heterocycles. The van der Waals surface area contributed by atoms with Gasteiger partial charge in [-0.25, -0.2) is 4.98 Å². The standard InChI is InChI=1S/C14H10ClN3O2/c15-11-6-5-10(7-14(11)18(19)20)8-17-9-16-12-3-1-2-4-13(12)17/h1-7,9H,8H2. The van der Waals surface area contributed by atoms with Gasteiger partial charge in [0.15, 0.2) is 0 Å². The molecule has 0 N–H and O–H groups in total. The Morgan fingerprint density at radius 2 is 2.05 bits per heavy atom. The van der Waals surface area contributed by atoms with Crippen LogP contribution in [0, 0.1) is 10.1 Å². The summed E-state index contributed by atoms with van der Waals surface area (Å²) in [6, 6.07) is 12.6. The number of rotatable bonds is 3. The van der Waals surface area contributed by atoms with Crippen LogP contribution in [-0.2, 0) is 6.54 Å². The number of nitrogens with zero attached hydrogens (tertiary/aromatic N) is 3. The quantitative estimate of drug-likeness (QED) is 0.546. The molecular formula is C14H10ClN3O2. The predicted molar refractivity (Wildman–Crippen MR) is 76.9 cm³/mol. The molecule has 2 aromatic carbocycles. The van der Waals surface area contributed by atoms with Crippen molar-refractivity contribution < 1.29 is 4.92 Å². The summed E-state index contributed by atoms with van der Waals surface area (Å²) in [6.07, 6.45) is 1.73. The number of benzene rings is 2. The van der Waals surface area contributed by atoms with E-state index in [4.69, 9.17) is 11.6 Å². The van der Waals surface area contributed by atoms with Crippen molar-refractivity contribution in [1.82, 2.24) is 9.55 Å². The van der Waals surface area contributed by atoms with E-state index in [0.717, 1.165) is 16.6 Å². The van der Waals surface area contributed by atoms with Gasteiger partial charge in [0.05, 0.1) is 22.3 Å². The number of hydrogen-bond donors (Lipinski definition) is 0. The molecule has 0 atom stereocenters. The third kappa shape index (κ3) is 2.23. The van der Waals surface area contributed by atoms with E-state index < -0.39 is 4.92 Å². The molecule has 0 radical (unpaired) electrons. The molecule has 1 heterocycles. The Morgan fingerprint density at radius 3 is 2.85 bits per heavy atom. The number of halogens is 1. The second-order valence-corrected chi connectivity index (χ2v) is 4.81. The second-order valence-electron chi connectivity index (χ2n) is 4.40. The van der Waals surface area contributed by atoms with Crippen molar-refractivity contribution in [2.24, 2.45) is 0 Å². The van der Waals surface area contributed by atoms with E-state index in [-0.39, 0.29) is 10.7 Å². The fourth-order valence-electron chi connectivity index (χ4n) is 2.13. The van der Waals surface area contributed by atoms with E-state index in [1.165, 1.54) is 6.07 Å². The van der Waals surface area contributed by atoms with Crippen molar-refractivity contribution in [2.75, 3.05) is 0 Å². The molecule has 0 saturated carbocycles. The van der Waals surface area contributed by atoms with Crippen LogP contribution >= 0.6 is 11.6 Å². The minimum absolute atomic E-state index is 0.0754. The lowest BCUT2D eigenvalue weighted by Gasteiger charge is -2.05. The van der Waals surface area contributed by atoms with Crippen molar-refractivity contribution in [2.45, 2.75) is 6.54 Å². The van der Waals surface area contributed by atoms with E-state index >= 15 is 0 Å². The Labute approximate surface area is 119 Å². The molecule has 0 bridgehead atoms. The second kappa shape index (κ2) is 4.94. The lowest BCUT2D eigenvalue weighted by atomic mass is 10.2. The number of imidazole rings is 1. The summed E-state index contributed by atoms with van der Waals surface area (Å²) in [4.78, 5) is 14.7. The van der Waals surface area contributed by atoms with Gasteiger partial charge in [-0.1, -0.05) is 29.8 Å². The smallest absolute Gasteiger partial charge is 0.288 e. The fourth-order valence-corrected chi connectivity index (χ4v) is 2.32. The third-order valence-corrected chi connectivity index (χ3v) is 3.41. The Kier molecular flexibility index (Phi) is 3.12. The molecule has 1 aromatic heterocycles. The first-order valence-electron chi connectivity index (χ1n) is 5.98. The molecule has 6 heteroatoms. The van der Waals surface area contributed by atoms with Gasteiger partial charge in [0, 0.05) is 12.6 Å². The van der Waals surface area contributed by atoms with Crippen molar-refractivity contribution in [3.8, 4) is 0 Å². The molecule has 100 valence electrons. The molecule has 3 rings (SSSR count). The molecule has 5 nitrogen and oxygen atoms in total. The van der Waals surface area contributed by atoms with Gasteiger partial charge in [-0.05, 0) is 23.8 Å². The summed E-state index contributed by atoms with van der Waals surface area (Å²) in [5, 5.41) is 11.0. The maximum Gasteiger partial charge on any atom is 0.288 e. The van der Waals surface area contributed by atoms with Crippen LogP contribution in [0.4, 0.5) is 5.69 Å². The highest BCUT2D eigenvalue weighted by molar-refractivity contribution is 6.32. The summed E-state index contributed by atoms with van der Waals surface area (Å²) in [6.45, 7) is 0.512. The number of hydrogen-bond acceptors (Lipinski definition) is 3. The number of fused-ring (bicyclic) bond motifs is 1. The highest BCUT2D eigenvalue weighted by Crippen LogP contribution is 2.26. The maximum atomic E-state index is 10.9. The maximum absolute atomic E-state index is 10.9. The Morgan fingerprint density at radius 1 is 1.25 bits per heavy atom. The summed E-state index contributed by atoms with van der Waals surface area (Å²) < 4.78 is 1.95. The van der Waals surface area contributed by atoms with E-state index in [0.29, 0.717) is 6.54 Å². The van der Waals surface area contributed by atoms with Crippen molar-refractivity contribution in [3.05, 3.63) is 69.5 Å². The highest BCUT2D eigenvalue weighted by Gasteiger charge is 2.13. The Hall–Kier alpha value is -2.40. The average Bonchev–Trinajstić information content (AvgIpc) is 2.84. The van der Waals surface area contributed by atoms with Crippen LogP contribution in [0.1, 0.15) is 5.56 Å². The van der Waals surface area contributed by atoms with E-state index in [2.05, 4.69) is 4.98 Å². The van der Waals surface area contributed by atoms with Gasteiger partial charge < -0.3 is 4.57 Å². The number of nitro groups is 1. The molecule has 20 heavy (non-hydrogen) atoms. The Balaban J connectivity index is 1.99. The van der Waals surface area contributed by atoms with Crippen molar-refractivity contribution in [3.63, 3.8) is 0 Å². The van der Waals surface area contributed by atoms with E-state index in [1.54, 1.807) is 18.5 Å². The molecule has 0 unspecified atom stereocenters. The predicted octanol–water partition coefficient (Wildman–Crippen LogP) is 3.65. The SMILES string of the molecule is O=[N+]([O-])c1cc(Cn2cnc3ccccc32)ccc1Cl. The van der Waals surface area contributed by atoms with Gasteiger partial charge in [0.25, 0.3) is 5.69 Å². The number of aromatic nitrogens is 2. The zero-order chi connectivity index (χ0) is 14.1. The first-order valence-corrected chi connectivity index (χ1v) is 6.35. The topological polar surface area (TPSA) is 61.0 Å².